The molecule has 2 aromatic heterocycles. The summed E-state index contributed by atoms with van der Waals surface area (Å²) in [6, 6.07) is 7.24. The van der Waals surface area contributed by atoms with E-state index in [1.165, 1.54) is 6.07 Å². The van der Waals surface area contributed by atoms with E-state index < -0.39 is 11.6 Å². The summed E-state index contributed by atoms with van der Waals surface area (Å²) in [6.07, 6.45) is 3.58. The van der Waals surface area contributed by atoms with Crippen LogP contribution in [0, 0.1) is 11.6 Å². The first-order valence-electron chi connectivity index (χ1n) is 5.94. The van der Waals surface area contributed by atoms with Gasteiger partial charge in [-0.25, -0.2) is 13.8 Å². The second kappa shape index (κ2) is 5.09. The minimum Gasteiger partial charge on any atom is -0.379 e. The summed E-state index contributed by atoms with van der Waals surface area (Å²) in [5, 5.41) is 3.61. The van der Waals surface area contributed by atoms with Gasteiger partial charge in [0, 0.05) is 24.1 Å². The molecule has 20 heavy (non-hydrogen) atoms. The van der Waals surface area contributed by atoms with Crippen molar-refractivity contribution in [3.05, 3.63) is 65.1 Å². The number of rotatable bonds is 3. The molecule has 0 aliphatic rings. The van der Waals surface area contributed by atoms with Gasteiger partial charge in [-0.15, -0.1) is 0 Å². The first kappa shape index (κ1) is 12.9. The molecule has 1 N–H and O–H groups in total. The fourth-order valence-corrected chi connectivity index (χ4v) is 2.07. The minimum absolute atomic E-state index is 0.407. The third-order valence-corrected chi connectivity index (χ3v) is 3.08. The van der Waals surface area contributed by atoms with E-state index in [0.717, 1.165) is 23.5 Å². The van der Waals surface area contributed by atoms with Crippen LogP contribution in [0.4, 0.5) is 14.5 Å². The lowest BCUT2D eigenvalue weighted by Crippen LogP contribution is -2.00. The molecule has 0 radical (unpaired) electrons. The van der Waals surface area contributed by atoms with Gasteiger partial charge in [0.05, 0.1) is 17.3 Å². The van der Waals surface area contributed by atoms with Crippen LogP contribution >= 0.6 is 11.6 Å². The fourth-order valence-electron chi connectivity index (χ4n) is 1.90. The molecule has 3 rings (SSSR count). The molecule has 6 heteroatoms. The van der Waals surface area contributed by atoms with Crippen LogP contribution in [-0.4, -0.2) is 9.38 Å². The minimum atomic E-state index is -0.878. The van der Waals surface area contributed by atoms with Crippen molar-refractivity contribution in [1.29, 1.82) is 0 Å². The van der Waals surface area contributed by atoms with E-state index in [-0.39, 0.29) is 0 Å². The van der Waals surface area contributed by atoms with E-state index in [0.29, 0.717) is 17.3 Å². The summed E-state index contributed by atoms with van der Waals surface area (Å²) in [5.41, 5.74) is 2.05. The maximum absolute atomic E-state index is 13.1. The van der Waals surface area contributed by atoms with Gasteiger partial charge < -0.3 is 9.72 Å². The lowest BCUT2D eigenvalue weighted by Gasteiger charge is -2.04. The van der Waals surface area contributed by atoms with Crippen molar-refractivity contribution in [2.45, 2.75) is 6.54 Å². The Bertz CT molecular complexity index is 770. The molecule has 0 saturated heterocycles. The van der Waals surface area contributed by atoms with Crippen LogP contribution in [0.15, 0.2) is 42.7 Å². The number of imidazole rings is 1. The number of benzene rings is 1. The summed E-state index contributed by atoms with van der Waals surface area (Å²) in [6.45, 7) is 0.407. The van der Waals surface area contributed by atoms with Crippen LogP contribution < -0.4 is 5.32 Å². The Kier molecular flexibility index (Phi) is 3.28. The fraction of sp³-hybridized carbons (Fsp3) is 0.0714. The number of pyridine rings is 1. The SMILES string of the molecule is Fc1ccc(NCc2cn3cc(Cl)ccc3n2)cc1F. The van der Waals surface area contributed by atoms with E-state index in [4.69, 9.17) is 11.6 Å². The average molecular weight is 294 g/mol. The number of hydrogen-bond donors (Lipinski definition) is 1. The number of anilines is 1. The predicted octanol–water partition coefficient (Wildman–Crippen LogP) is 3.88. The van der Waals surface area contributed by atoms with Gasteiger partial charge in [0.1, 0.15) is 5.65 Å². The molecule has 1 aromatic carbocycles. The maximum atomic E-state index is 13.1. The highest BCUT2D eigenvalue weighted by atomic mass is 35.5. The van der Waals surface area contributed by atoms with Gasteiger partial charge in [0.25, 0.3) is 0 Å². The number of nitrogens with one attached hydrogen (secondary N) is 1. The van der Waals surface area contributed by atoms with Gasteiger partial charge in [-0.05, 0) is 24.3 Å². The predicted molar refractivity (Wildman–Crippen MR) is 73.9 cm³/mol. The molecule has 2 heterocycles. The van der Waals surface area contributed by atoms with Crippen molar-refractivity contribution in [3.63, 3.8) is 0 Å². The van der Waals surface area contributed by atoms with E-state index in [2.05, 4.69) is 10.3 Å². The van der Waals surface area contributed by atoms with E-state index >= 15 is 0 Å². The van der Waals surface area contributed by atoms with Crippen molar-refractivity contribution in [2.24, 2.45) is 0 Å². The van der Waals surface area contributed by atoms with Crippen LogP contribution in [0.1, 0.15) is 5.69 Å². The molecule has 3 aromatic rings. The molecule has 0 atom stereocenters. The van der Waals surface area contributed by atoms with Crippen molar-refractivity contribution >= 4 is 22.9 Å². The van der Waals surface area contributed by atoms with Crippen molar-refractivity contribution in [2.75, 3.05) is 5.32 Å². The molecule has 102 valence electrons. The Labute approximate surface area is 118 Å². The van der Waals surface area contributed by atoms with Gasteiger partial charge in [0.2, 0.25) is 0 Å². The first-order chi connectivity index (χ1) is 9.61. The molecule has 0 amide bonds. The van der Waals surface area contributed by atoms with E-state index in [9.17, 15) is 8.78 Å². The van der Waals surface area contributed by atoms with Crippen LogP contribution in [0.3, 0.4) is 0 Å². The van der Waals surface area contributed by atoms with Crippen molar-refractivity contribution < 1.29 is 8.78 Å². The molecule has 0 fully saturated rings. The summed E-state index contributed by atoms with van der Waals surface area (Å²) in [5.74, 6) is -1.74. The first-order valence-corrected chi connectivity index (χ1v) is 6.32. The molecule has 0 saturated carbocycles. The lowest BCUT2D eigenvalue weighted by molar-refractivity contribution is 0.509. The zero-order valence-corrected chi connectivity index (χ0v) is 11.0. The summed E-state index contributed by atoms with van der Waals surface area (Å²) < 4.78 is 27.7. The molecular weight excluding hydrogens is 284 g/mol. The average Bonchev–Trinajstić information content (AvgIpc) is 2.82. The van der Waals surface area contributed by atoms with E-state index in [1.807, 2.05) is 16.7 Å². The normalized spacial score (nSPS) is 10.9. The highest BCUT2D eigenvalue weighted by Gasteiger charge is 2.04. The quantitative estimate of drug-likeness (QED) is 0.794. The Morgan fingerprint density at radius 3 is 2.75 bits per heavy atom. The second-order valence-electron chi connectivity index (χ2n) is 4.33. The van der Waals surface area contributed by atoms with Gasteiger partial charge in [-0.1, -0.05) is 11.6 Å². The molecule has 0 aliphatic heterocycles. The molecule has 0 aliphatic carbocycles. The van der Waals surface area contributed by atoms with Crippen LogP contribution in [0.25, 0.3) is 5.65 Å². The Morgan fingerprint density at radius 2 is 1.95 bits per heavy atom. The monoisotopic (exact) mass is 293 g/mol. The highest BCUT2D eigenvalue weighted by molar-refractivity contribution is 6.30. The number of fused-ring (bicyclic) bond motifs is 1. The number of aromatic nitrogens is 2. The lowest BCUT2D eigenvalue weighted by atomic mass is 10.3. The summed E-state index contributed by atoms with van der Waals surface area (Å²) >= 11 is 5.89. The van der Waals surface area contributed by atoms with Crippen molar-refractivity contribution in [3.8, 4) is 0 Å². The number of halogens is 3. The zero-order valence-electron chi connectivity index (χ0n) is 10.3. The molecule has 0 bridgehead atoms. The van der Waals surface area contributed by atoms with Crippen molar-refractivity contribution in [1.82, 2.24) is 9.38 Å². The molecular formula is C14H10ClF2N3. The van der Waals surface area contributed by atoms with Gasteiger partial charge >= 0.3 is 0 Å². The smallest absolute Gasteiger partial charge is 0.160 e. The van der Waals surface area contributed by atoms with Crippen LogP contribution in [0.2, 0.25) is 5.02 Å². The van der Waals surface area contributed by atoms with Gasteiger partial charge in [-0.2, -0.15) is 0 Å². The molecule has 0 spiro atoms. The number of nitrogens with zero attached hydrogens (tertiary/aromatic N) is 2. The Hall–Kier alpha value is -2.14. The second-order valence-corrected chi connectivity index (χ2v) is 4.76. The summed E-state index contributed by atoms with van der Waals surface area (Å²) in [7, 11) is 0. The number of hydrogen-bond acceptors (Lipinski definition) is 2. The third-order valence-electron chi connectivity index (χ3n) is 2.86. The van der Waals surface area contributed by atoms with Crippen LogP contribution in [-0.2, 0) is 6.54 Å². The maximum Gasteiger partial charge on any atom is 0.160 e. The Balaban J connectivity index is 1.77. The van der Waals surface area contributed by atoms with Crippen LogP contribution in [0.5, 0.6) is 0 Å². The topological polar surface area (TPSA) is 29.3 Å². The largest absolute Gasteiger partial charge is 0.379 e. The third kappa shape index (κ3) is 2.58. The summed E-state index contributed by atoms with van der Waals surface area (Å²) in [4.78, 5) is 4.38. The molecule has 3 nitrogen and oxygen atoms in total. The zero-order chi connectivity index (χ0) is 14.1. The van der Waals surface area contributed by atoms with E-state index in [1.54, 1.807) is 12.3 Å². The standard InChI is InChI=1S/C14H10ClF2N3/c15-9-1-4-14-19-11(8-20(14)7-9)6-18-10-2-3-12(16)13(17)5-10/h1-5,7-8,18H,6H2. The Morgan fingerprint density at radius 1 is 1.10 bits per heavy atom. The van der Waals surface area contributed by atoms with Gasteiger partial charge in [-0.3, -0.25) is 0 Å². The van der Waals surface area contributed by atoms with Gasteiger partial charge in [0.15, 0.2) is 11.6 Å². The molecule has 0 unspecified atom stereocenters. The highest BCUT2D eigenvalue weighted by Crippen LogP contribution is 2.15.